The second-order valence-corrected chi connectivity index (χ2v) is 10.3. The Morgan fingerprint density at radius 3 is 2.54 bits per heavy atom. The minimum atomic E-state index is -0.847. The first-order chi connectivity index (χ1) is 16.5. The standard InChI is InChI=1S/C28H31Cl2N3O.ClH/c1-2-3-8-19-17-22(21-10-6-11-24(29)26(21)30)25-20-9-5-4-7-18(20)16-23(25)28(19,27(31)34)33-14-12-32-13-15-33;/h4-7,9-11,17,19,32H,2-3,8,12-16H2,1H3,(H2,31,34);1H. The molecule has 2 unspecified atom stereocenters. The second-order valence-electron chi connectivity index (χ2n) is 9.49. The predicted molar refractivity (Wildman–Crippen MR) is 148 cm³/mol. The van der Waals surface area contributed by atoms with Gasteiger partial charge in [-0.1, -0.05) is 85.4 Å². The molecule has 2 atom stereocenters. The number of piperazine rings is 1. The fourth-order valence-corrected chi connectivity index (χ4v) is 6.61. The summed E-state index contributed by atoms with van der Waals surface area (Å²) >= 11 is 13.2. The Hall–Kier alpha value is -1.82. The van der Waals surface area contributed by atoms with Crippen molar-refractivity contribution < 1.29 is 4.79 Å². The van der Waals surface area contributed by atoms with Crippen molar-refractivity contribution in [2.75, 3.05) is 26.2 Å². The van der Waals surface area contributed by atoms with Crippen molar-refractivity contribution in [1.82, 2.24) is 10.2 Å². The molecule has 1 saturated heterocycles. The first kappa shape index (κ1) is 26.2. The lowest BCUT2D eigenvalue weighted by Crippen LogP contribution is -2.67. The third kappa shape index (κ3) is 4.24. The number of carbonyl (C=O) groups excluding carboxylic acids is 1. The van der Waals surface area contributed by atoms with E-state index in [0.717, 1.165) is 79.7 Å². The maximum absolute atomic E-state index is 13.7. The second kappa shape index (κ2) is 10.7. The Labute approximate surface area is 224 Å². The van der Waals surface area contributed by atoms with Gasteiger partial charge in [-0.05, 0) is 46.8 Å². The molecule has 5 rings (SSSR count). The van der Waals surface area contributed by atoms with Crippen LogP contribution in [0.2, 0.25) is 10.0 Å². The highest BCUT2D eigenvalue weighted by Gasteiger charge is 2.55. The van der Waals surface area contributed by atoms with Crippen LogP contribution in [-0.2, 0) is 11.2 Å². The van der Waals surface area contributed by atoms with Crippen molar-refractivity contribution >= 4 is 52.7 Å². The van der Waals surface area contributed by atoms with E-state index >= 15 is 0 Å². The number of hydrogen-bond donors (Lipinski definition) is 2. The molecular weight excluding hydrogens is 501 g/mol. The molecule has 2 aromatic rings. The summed E-state index contributed by atoms with van der Waals surface area (Å²) < 4.78 is 0. The van der Waals surface area contributed by atoms with Crippen LogP contribution in [0.15, 0.2) is 54.1 Å². The Morgan fingerprint density at radius 2 is 1.83 bits per heavy atom. The molecule has 0 spiro atoms. The number of nitrogens with two attached hydrogens (primary N) is 1. The van der Waals surface area contributed by atoms with Crippen molar-refractivity contribution in [2.24, 2.45) is 11.7 Å². The SMILES string of the molecule is CCCCC1C=C(c2cccc(Cl)c2Cl)C2=C(Cc3ccccc32)C1(C(N)=O)N1CCNCC1.Cl. The number of hydrogen-bond acceptors (Lipinski definition) is 3. The summed E-state index contributed by atoms with van der Waals surface area (Å²) in [6.07, 6.45) is 5.96. The van der Waals surface area contributed by atoms with Crippen molar-refractivity contribution in [3.05, 3.63) is 80.8 Å². The van der Waals surface area contributed by atoms with E-state index in [1.165, 1.54) is 5.56 Å². The molecule has 4 nitrogen and oxygen atoms in total. The van der Waals surface area contributed by atoms with Gasteiger partial charge in [-0.2, -0.15) is 0 Å². The average molecular weight is 533 g/mol. The molecule has 186 valence electrons. The third-order valence-corrected chi connectivity index (χ3v) is 8.51. The number of nitrogens with zero attached hydrogens (tertiary/aromatic N) is 1. The van der Waals surface area contributed by atoms with Crippen LogP contribution in [0.25, 0.3) is 11.1 Å². The van der Waals surface area contributed by atoms with Gasteiger partial charge in [0.25, 0.3) is 0 Å². The molecule has 2 aromatic carbocycles. The molecule has 3 N–H and O–H groups in total. The van der Waals surface area contributed by atoms with Gasteiger partial charge in [-0.25, -0.2) is 0 Å². The number of amides is 1. The first-order valence-electron chi connectivity index (χ1n) is 12.2. The van der Waals surface area contributed by atoms with E-state index in [2.05, 4.69) is 47.5 Å². The van der Waals surface area contributed by atoms with Crippen LogP contribution in [0.3, 0.4) is 0 Å². The molecule has 0 aromatic heterocycles. The van der Waals surface area contributed by atoms with Crippen molar-refractivity contribution in [3.63, 3.8) is 0 Å². The highest BCUT2D eigenvalue weighted by Crippen LogP contribution is 2.55. The van der Waals surface area contributed by atoms with Gasteiger partial charge in [0.2, 0.25) is 5.91 Å². The molecule has 0 radical (unpaired) electrons. The number of carbonyl (C=O) groups is 1. The lowest BCUT2D eigenvalue weighted by molar-refractivity contribution is -0.131. The van der Waals surface area contributed by atoms with Crippen LogP contribution >= 0.6 is 35.6 Å². The lowest BCUT2D eigenvalue weighted by atomic mass is 9.66. The van der Waals surface area contributed by atoms with Crippen LogP contribution in [0.5, 0.6) is 0 Å². The van der Waals surface area contributed by atoms with Gasteiger partial charge >= 0.3 is 0 Å². The average Bonchev–Trinajstić information content (AvgIpc) is 3.24. The molecule has 1 fully saturated rings. The van der Waals surface area contributed by atoms with Crippen molar-refractivity contribution in [3.8, 4) is 0 Å². The molecule has 1 heterocycles. The third-order valence-electron chi connectivity index (χ3n) is 7.69. The normalized spacial score (nSPS) is 23.9. The van der Waals surface area contributed by atoms with Crippen LogP contribution < -0.4 is 11.1 Å². The summed E-state index contributed by atoms with van der Waals surface area (Å²) in [7, 11) is 0. The van der Waals surface area contributed by atoms with E-state index in [9.17, 15) is 4.79 Å². The number of fused-ring (bicyclic) bond motifs is 2. The molecular formula is C28H32Cl3N3O. The molecule has 35 heavy (non-hydrogen) atoms. The van der Waals surface area contributed by atoms with Crippen LogP contribution in [0, 0.1) is 5.92 Å². The summed E-state index contributed by atoms with van der Waals surface area (Å²) in [5.41, 5.74) is 12.2. The number of unbranched alkanes of at least 4 members (excludes halogenated alkanes) is 1. The maximum atomic E-state index is 13.7. The Morgan fingerprint density at radius 1 is 1.11 bits per heavy atom. The Balaban J connectivity index is 0.00000289. The maximum Gasteiger partial charge on any atom is 0.242 e. The van der Waals surface area contributed by atoms with E-state index in [1.54, 1.807) is 0 Å². The highest BCUT2D eigenvalue weighted by atomic mass is 35.5. The van der Waals surface area contributed by atoms with Gasteiger partial charge in [-0.3, -0.25) is 9.69 Å². The quantitative estimate of drug-likeness (QED) is 0.497. The van der Waals surface area contributed by atoms with Crippen LogP contribution in [0.4, 0.5) is 0 Å². The van der Waals surface area contributed by atoms with E-state index in [-0.39, 0.29) is 24.2 Å². The van der Waals surface area contributed by atoms with Gasteiger partial charge in [0.05, 0.1) is 10.0 Å². The van der Waals surface area contributed by atoms with E-state index in [1.807, 2.05) is 18.2 Å². The Bertz CT molecular complexity index is 1190. The fourth-order valence-electron chi connectivity index (χ4n) is 6.20. The number of rotatable bonds is 6. The van der Waals surface area contributed by atoms with Crippen LogP contribution in [-0.4, -0.2) is 42.5 Å². The van der Waals surface area contributed by atoms with Crippen molar-refractivity contribution in [2.45, 2.75) is 38.1 Å². The highest BCUT2D eigenvalue weighted by molar-refractivity contribution is 6.43. The largest absolute Gasteiger partial charge is 0.368 e. The molecule has 0 saturated carbocycles. The summed E-state index contributed by atoms with van der Waals surface area (Å²) in [5, 5.41) is 4.52. The lowest BCUT2D eigenvalue weighted by Gasteiger charge is -2.51. The number of nitrogens with one attached hydrogen (secondary N) is 1. The fraction of sp³-hybridized carbons (Fsp3) is 0.393. The molecule has 1 amide bonds. The molecule has 2 aliphatic carbocycles. The van der Waals surface area contributed by atoms with Crippen molar-refractivity contribution in [1.29, 1.82) is 0 Å². The zero-order valence-corrected chi connectivity index (χ0v) is 22.3. The number of allylic oxidation sites excluding steroid dienone is 2. The zero-order chi connectivity index (χ0) is 23.9. The molecule has 1 aliphatic heterocycles. The molecule has 3 aliphatic rings. The van der Waals surface area contributed by atoms with Gasteiger partial charge < -0.3 is 11.1 Å². The van der Waals surface area contributed by atoms with E-state index < -0.39 is 5.54 Å². The minimum absolute atomic E-state index is 0. The van der Waals surface area contributed by atoms with E-state index in [0.29, 0.717) is 10.0 Å². The number of primary amides is 1. The van der Waals surface area contributed by atoms with Gasteiger partial charge in [-0.15, -0.1) is 12.4 Å². The van der Waals surface area contributed by atoms with Crippen LogP contribution in [0.1, 0.15) is 42.9 Å². The van der Waals surface area contributed by atoms with E-state index in [4.69, 9.17) is 28.9 Å². The molecule has 0 bridgehead atoms. The summed E-state index contributed by atoms with van der Waals surface area (Å²) in [6, 6.07) is 14.2. The minimum Gasteiger partial charge on any atom is -0.368 e. The number of benzene rings is 2. The first-order valence-corrected chi connectivity index (χ1v) is 13.0. The smallest absolute Gasteiger partial charge is 0.242 e. The summed E-state index contributed by atoms with van der Waals surface area (Å²) in [5.74, 6) is -0.288. The summed E-state index contributed by atoms with van der Waals surface area (Å²) in [4.78, 5) is 16.0. The van der Waals surface area contributed by atoms with Gasteiger partial charge in [0.1, 0.15) is 5.54 Å². The molecule has 7 heteroatoms. The van der Waals surface area contributed by atoms with Gasteiger partial charge in [0, 0.05) is 37.7 Å². The Kier molecular flexibility index (Phi) is 7.99. The predicted octanol–water partition coefficient (Wildman–Crippen LogP) is 5.76. The topological polar surface area (TPSA) is 58.4 Å². The summed E-state index contributed by atoms with van der Waals surface area (Å²) in [6.45, 7) is 5.47. The number of halogens is 3. The monoisotopic (exact) mass is 531 g/mol. The van der Waals surface area contributed by atoms with Gasteiger partial charge in [0.15, 0.2) is 0 Å². The zero-order valence-electron chi connectivity index (χ0n) is 19.9.